The summed E-state index contributed by atoms with van der Waals surface area (Å²) < 4.78 is 15.5. The quantitative estimate of drug-likeness (QED) is 0.686. The molecule has 0 saturated carbocycles. The third-order valence-electron chi connectivity index (χ3n) is 3.86. The summed E-state index contributed by atoms with van der Waals surface area (Å²) in [6, 6.07) is 12.2. The van der Waals surface area contributed by atoms with Gasteiger partial charge in [-0.25, -0.2) is 0 Å². The van der Waals surface area contributed by atoms with E-state index in [4.69, 9.17) is 14.2 Å². The van der Waals surface area contributed by atoms with Gasteiger partial charge in [-0.3, -0.25) is 14.5 Å². The van der Waals surface area contributed by atoms with Crippen molar-refractivity contribution in [2.24, 2.45) is 0 Å². The molecule has 0 spiro atoms. The SMILES string of the molecule is COc1cccc(NC(=O)CN(C)CC(=O)Nc2cc(OC)ccc2OC)c1. The first-order valence-electron chi connectivity index (χ1n) is 8.59. The molecule has 0 fully saturated rings. The van der Waals surface area contributed by atoms with E-state index >= 15 is 0 Å². The zero-order chi connectivity index (χ0) is 20.5. The van der Waals surface area contributed by atoms with E-state index in [0.717, 1.165) is 0 Å². The molecule has 2 aromatic carbocycles. The molecule has 2 amide bonds. The number of anilines is 2. The van der Waals surface area contributed by atoms with Crippen molar-refractivity contribution in [3.8, 4) is 17.2 Å². The topological polar surface area (TPSA) is 89.1 Å². The first-order valence-corrected chi connectivity index (χ1v) is 8.59. The molecular formula is C20H25N3O5. The lowest BCUT2D eigenvalue weighted by Gasteiger charge is -2.17. The largest absolute Gasteiger partial charge is 0.497 e. The summed E-state index contributed by atoms with van der Waals surface area (Å²) in [5.41, 5.74) is 1.13. The van der Waals surface area contributed by atoms with Crippen LogP contribution in [0.15, 0.2) is 42.5 Å². The van der Waals surface area contributed by atoms with E-state index in [1.807, 2.05) is 0 Å². The van der Waals surface area contributed by atoms with Crippen LogP contribution in [0, 0.1) is 0 Å². The maximum atomic E-state index is 12.3. The summed E-state index contributed by atoms with van der Waals surface area (Å²) >= 11 is 0. The molecule has 0 atom stereocenters. The Morgan fingerprint density at radius 1 is 0.857 bits per heavy atom. The smallest absolute Gasteiger partial charge is 0.238 e. The normalized spacial score (nSPS) is 10.3. The number of hydrogen-bond donors (Lipinski definition) is 2. The highest BCUT2D eigenvalue weighted by atomic mass is 16.5. The lowest BCUT2D eigenvalue weighted by molar-refractivity contribution is -0.119. The molecule has 2 N–H and O–H groups in total. The molecule has 0 aromatic heterocycles. The molecule has 0 aliphatic rings. The van der Waals surface area contributed by atoms with Gasteiger partial charge in [0.2, 0.25) is 11.8 Å². The van der Waals surface area contributed by atoms with Crippen molar-refractivity contribution < 1.29 is 23.8 Å². The number of ether oxygens (including phenoxy) is 3. The number of nitrogens with one attached hydrogen (secondary N) is 2. The summed E-state index contributed by atoms with van der Waals surface area (Å²) in [7, 11) is 6.31. The van der Waals surface area contributed by atoms with Crippen molar-refractivity contribution >= 4 is 23.2 Å². The zero-order valence-corrected chi connectivity index (χ0v) is 16.4. The molecule has 28 heavy (non-hydrogen) atoms. The Morgan fingerprint density at radius 2 is 1.50 bits per heavy atom. The van der Waals surface area contributed by atoms with Gasteiger partial charge in [-0.15, -0.1) is 0 Å². The molecule has 0 aliphatic carbocycles. The molecule has 0 radical (unpaired) electrons. The average molecular weight is 387 g/mol. The van der Waals surface area contributed by atoms with Crippen molar-refractivity contribution in [2.75, 3.05) is 52.1 Å². The summed E-state index contributed by atoms with van der Waals surface area (Å²) in [6.45, 7) is 0.0891. The second-order valence-corrected chi connectivity index (χ2v) is 6.07. The number of rotatable bonds is 9. The molecule has 0 aliphatic heterocycles. The van der Waals surface area contributed by atoms with E-state index in [0.29, 0.717) is 28.6 Å². The fraction of sp³-hybridized carbons (Fsp3) is 0.300. The number of nitrogens with zero attached hydrogens (tertiary/aromatic N) is 1. The predicted octanol–water partition coefficient (Wildman–Crippen LogP) is 2.22. The first-order chi connectivity index (χ1) is 13.4. The summed E-state index contributed by atoms with van der Waals surface area (Å²) in [5, 5.41) is 5.55. The zero-order valence-electron chi connectivity index (χ0n) is 16.4. The van der Waals surface area contributed by atoms with Gasteiger partial charge in [-0.05, 0) is 31.3 Å². The highest BCUT2D eigenvalue weighted by molar-refractivity contribution is 5.95. The highest BCUT2D eigenvalue weighted by Crippen LogP contribution is 2.28. The maximum Gasteiger partial charge on any atom is 0.238 e. The second-order valence-electron chi connectivity index (χ2n) is 6.07. The van der Waals surface area contributed by atoms with Crippen LogP contribution in [0.25, 0.3) is 0 Å². The van der Waals surface area contributed by atoms with Crippen molar-refractivity contribution in [3.05, 3.63) is 42.5 Å². The number of benzene rings is 2. The third-order valence-corrected chi connectivity index (χ3v) is 3.86. The van der Waals surface area contributed by atoms with Crippen LogP contribution in [0.1, 0.15) is 0 Å². The van der Waals surface area contributed by atoms with E-state index in [2.05, 4.69) is 10.6 Å². The van der Waals surface area contributed by atoms with Crippen LogP contribution in [0.5, 0.6) is 17.2 Å². The standard InChI is InChI=1S/C20H25N3O5/c1-23(12-19(24)21-14-6-5-7-15(10-14)26-2)13-20(25)22-17-11-16(27-3)8-9-18(17)28-4/h5-11H,12-13H2,1-4H3,(H,21,24)(H,22,25). The predicted molar refractivity (Wildman–Crippen MR) is 107 cm³/mol. The molecule has 8 heteroatoms. The molecule has 150 valence electrons. The van der Waals surface area contributed by atoms with E-state index in [1.165, 1.54) is 7.11 Å². The Hall–Kier alpha value is -3.26. The average Bonchev–Trinajstić information content (AvgIpc) is 2.67. The molecule has 0 heterocycles. The monoisotopic (exact) mass is 387 g/mol. The van der Waals surface area contributed by atoms with Gasteiger partial charge in [0.1, 0.15) is 17.2 Å². The molecular weight excluding hydrogens is 362 g/mol. The molecule has 2 rings (SSSR count). The van der Waals surface area contributed by atoms with Gasteiger partial charge >= 0.3 is 0 Å². The van der Waals surface area contributed by atoms with E-state index < -0.39 is 0 Å². The Kier molecular flexibility index (Phi) is 7.65. The minimum absolute atomic E-state index is 0.0336. The van der Waals surface area contributed by atoms with Crippen LogP contribution in [0.3, 0.4) is 0 Å². The molecule has 0 saturated heterocycles. The summed E-state index contributed by atoms with van der Waals surface area (Å²) in [5.74, 6) is 1.26. The fourth-order valence-electron chi connectivity index (χ4n) is 2.55. The third kappa shape index (κ3) is 6.17. The van der Waals surface area contributed by atoms with Crippen LogP contribution in [-0.2, 0) is 9.59 Å². The fourth-order valence-corrected chi connectivity index (χ4v) is 2.55. The minimum atomic E-state index is -0.275. The number of carbonyl (C=O) groups is 2. The van der Waals surface area contributed by atoms with Gasteiger partial charge in [0, 0.05) is 17.8 Å². The first kappa shape index (κ1) is 21.0. The molecule has 0 bridgehead atoms. The second kappa shape index (κ2) is 10.2. The van der Waals surface area contributed by atoms with Gasteiger partial charge in [-0.1, -0.05) is 6.07 Å². The van der Waals surface area contributed by atoms with Crippen LogP contribution < -0.4 is 24.8 Å². The number of hydrogen-bond acceptors (Lipinski definition) is 6. The number of methoxy groups -OCH3 is 3. The molecule has 2 aromatic rings. The van der Waals surface area contributed by atoms with Gasteiger partial charge in [0.05, 0.1) is 40.1 Å². The Balaban J connectivity index is 1.89. The number of likely N-dealkylation sites (N-methyl/N-ethyl adjacent to an activating group) is 1. The van der Waals surface area contributed by atoms with Crippen molar-refractivity contribution in [1.82, 2.24) is 4.90 Å². The van der Waals surface area contributed by atoms with Gasteiger partial charge in [0.25, 0.3) is 0 Å². The minimum Gasteiger partial charge on any atom is -0.497 e. The summed E-state index contributed by atoms with van der Waals surface area (Å²) in [4.78, 5) is 26.1. The van der Waals surface area contributed by atoms with E-state index in [9.17, 15) is 9.59 Å². The highest BCUT2D eigenvalue weighted by Gasteiger charge is 2.14. The summed E-state index contributed by atoms with van der Waals surface area (Å²) in [6.07, 6.45) is 0. The Bertz CT molecular complexity index is 825. The lowest BCUT2D eigenvalue weighted by Crippen LogP contribution is -2.36. The lowest BCUT2D eigenvalue weighted by atomic mass is 10.2. The molecule has 8 nitrogen and oxygen atoms in total. The van der Waals surface area contributed by atoms with E-state index in [1.54, 1.807) is 68.6 Å². The van der Waals surface area contributed by atoms with E-state index in [-0.39, 0.29) is 24.9 Å². The van der Waals surface area contributed by atoms with Crippen LogP contribution in [0.4, 0.5) is 11.4 Å². The van der Waals surface area contributed by atoms with Crippen molar-refractivity contribution in [1.29, 1.82) is 0 Å². The number of carbonyl (C=O) groups excluding carboxylic acids is 2. The number of amides is 2. The Morgan fingerprint density at radius 3 is 2.14 bits per heavy atom. The van der Waals surface area contributed by atoms with Crippen molar-refractivity contribution in [3.63, 3.8) is 0 Å². The van der Waals surface area contributed by atoms with Crippen LogP contribution in [0.2, 0.25) is 0 Å². The van der Waals surface area contributed by atoms with Crippen molar-refractivity contribution in [2.45, 2.75) is 0 Å². The molecule has 0 unspecified atom stereocenters. The Labute approximate surface area is 164 Å². The van der Waals surface area contributed by atoms with Gasteiger partial charge in [0.15, 0.2) is 0 Å². The maximum absolute atomic E-state index is 12.3. The van der Waals surface area contributed by atoms with Crippen LogP contribution in [-0.4, -0.2) is 58.2 Å². The van der Waals surface area contributed by atoms with Gasteiger partial charge < -0.3 is 24.8 Å². The van der Waals surface area contributed by atoms with Gasteiger partial charge in [-0.2, -0.15) is 0 Å². The van der Waals surface area contributed by atoms with Crippen LogP contribution >= 0.6 is 0 Å².